The van der Waals surface area contributed by atoms with Gasteiger partial charge in [0.1, 0.15) is 11.6 Å². The summed E-state index contributed by atoms with van der Waals surface area (Å²) in [5, 5.41) is 4.15. The normalized spacial score (nSPS) is 12.5. The Hall–Kier alpha value is -2.68. The fourth-order valence-corrected chi connectivity index (χ4v) is 3.10. The molecule has 3 rings (SSSR count). The minimum absolute atomic E-state index is 0.0608. The number of ether oxygens (including phenoxy) is 1. The molecule has 0 aliphatic carbocycles. The molecule has 0 fully saturated rings. The summed E-state index contributed by atoms with van der Waals surface area (Å²) in [6.45, 7) is -0.797. The van der Waals surface area contributed by atoms with Gasteiger partial charge in [-0.05, 0) is 54.4 Å². The summed E-state index contributed by atoms with van der Waals surface area (Å²) in [6, 6.07) is 10.6. The van der Waals surface area contributed by atoms with Crippen molar-refractivity contribution < 1.29 is 31.1 Å². The molecule has 0 unspecified atom stereocenters. The number of nitrogens with one attached hydrogen (secondary N) is 1. The van der Waals surface area contributed by atoms with Gasteiger partial charge in [-0.15, -0.1) is 0 Å². The van der Waals surface area contributed by atoms with Crippen molar-refractivity contribution in [3.05, 3.63) is 65.6 Å². The molecule has 0 saturated heterocycles. The molecule has 162 valence electrons. The van der Waals surface area contributed by atoms with Gasteiger partial charge in [0.05, 0.1) is 5.52 Å². The van der Waals surface area contributed by atoms with Gasteiger partial charge in [-0.1, -0.05) is 12.1 Å². The van der Waals surface area contributed by atoms with Gasteiger partial charge in [0, 0.05) is 25.2 Å². The van der Waals surface area contributed by atoms with Crippen molar-refractivity contribution in [1.82, 2.24) is 9.88 Å². The standard InChI is InChI=1S/C21H20F6N2O/c1-29-12-15(18-6-5-16(22)10-19(18)29)7-8-28-11-14-3-2-4-17(9-14)30-13-20(23,24)21(25,26)27/h2-6,9-10,12,28H,7-8,11,13H2,1H3. The average Bonchev–Trinajstić information content (AvgIpc) is 2.98. The van der Waals surface area contributed by atoms with E-state index in [2.05, 4.69) is 10.1 Å². The third kappa shape index (κ3) is 5.08. The Morgan fingerprint density at radius 1 is 1.03 bits per heavy atom. The molecule has 0 aliphatic heterocycles. The number of nitrogens with zero attached hydrogens (tertiary/aromatic N) is 1. The van der Waals surface area contributed by atoms with Gasteiger partial charge >= 0.3 is 12.1 Å². The van der Waals surface area contributed by atoms with Crippen molar-refractivity contribution in [3.63, 3.8) is 0 Å². The zero-order valence-electron chi connectivity index (χ0n) is 16.1. The second kappa shape index (κ2) is 8.59. The monoisotopic (exact) mass is 430 g/mol. The molecule has 0 radical (unpaired) electrons. The van der Waals surface area contributed by atoms with Crippen LogP contribution in [0.4, 0.5) is 26.3 Å². The maximum Gasteiger partial charge on any atom is 0.456 e. The van der Waals surface area contributed by atoms with Gasteiger partial charge in [0.2, 0.25) is 0 Å². The first kappa shape index (κ1) is 22.0. The highest BCUT2D eigenvalue weighted by atomic mass is 19.4. The molecule has 30 heavy (non-hydrogen) atoms. The van der Waals surface area contributed by atoms with Gasteiger partial charge in [-0.3, -0.25) is 0 Å². The highest BCUT2D eigenvalue weighted by Crippen LogP contribution is 2.35. The minimum atomic E-state index is -5.65. The SMILES string of the molecule is Cn1cc(CCNCc2cccc(OCC(F)(F)C(F)(F)F)c2)c2ccc(F)cc21. The summed E-state index contributed by atoms with van der Waals surface area (Å²) in [5.41, 5.74) is 2.53. The van der Waals surface area contributed by atoms with E-state index in [0.29, 0.717) is 25.1 Å². The lowest BCUT2D eigenvalue weighted by Crippen LogP contribution is -2.41. The van der Waals surface area contributed by atoms with Crippen LogP contribution in [0.3, 0.4) is 0 Å². The maximum atomic E-state index is 13.4. The molecule has 9 heteroatoms. The summed E-state index contributed by atoms with van der Waals surface area (Å²) in [7, 11) is 1.84. The van der Waals surface area contributed by atoms with E-state index < -0.39 is 18.7 Å². The molecule has 2 aromatic carbocycles. The number of rotatable bonds is 8. The molecule has 1 aromatic heterocycles. The van der Waals surface area contributed by atoms with Gasteiger partial charge in [-0.25, -0.2) is 4.39 Å². The first-order valence-electron chi connectivity index (χ1n) is 9.17. The van der Waals surface area contributed by atoms with E-state index in [0.717, 1.165) is 16.5 Å². The Kier molecular flexibility index (Phi) is 6.30. The van der Waals surface area contributed by atoms with Gasteiger partial charge < -0.3 is 14.6 Å². The zero-order chi connectivity index (χ0) is 21.9. The van der Waals surface area contributed by atoms with Gasteiger partial charge in [0.15, 0.2) is 6.61 Å². The molecule has 0 aliphatic rings. The summed E-state index contributed by atoms with van der Waals surface area (Å²) in [6.07, 6.45) is -3.04. The largest absolute Gasteiger partial charge is 0.487 e. The van der Waals surface area contributed by atoms with Crippen LogP contribution in [0.5, 0.6) is 5.75 Å². The number of halogens is 6. The second-order valence-corrected chi connectivity index (χ2v) is 6.99. The van der Waals surface area contributed by atoms with Crippen molar-refractivity contribution in [1.29, 1.82) is 0 Å². The van der Waals surface area contributed by atoms with Crippen LogP contribution in [-0.4, -0.2) is 29.8 Å². The van der Waals surface area contributed by atoms with Crippen LogP contribution >= 0.6 is 0 Å². The summed E-state index contributed by atoms with van der Waals surface area (Å²) in [5.74, 6) is -5.28. The molecule has 0 spiro atoms. The summed E-state index contributed by atoms with van der Waals surface area (Å²) in [4.78, 5) is 0. The number of fused-ring (bicyclic) bond motifs is 1. The van der Waals surface area contributed by atoms with Crippen molar-refractivity contribution in [2.45, 2.75) is 25.1 Å². The molecule has 1 heterocycles. The molecule has 0 bridgehead atoms. The predicted molar refractivity (Wildman–Crippen MR) is 101 cm³/mol. The Balaban J connectivity index is 1.53. The second-order valence-electron chi connectivity index (χ2n) is 6.99. The molecule has 0 amide bonds. The molecule has 1 N–H and O–H groups in total. The summed E-state index contributed by atoms with van der Waals surface area (Å²) >= 11 is 0. The smallest absolute Gasteiger partial charge is 0.456 e. The lowest BCUT2D eigenvalue weighted by molar-refractivity contribution is -0.290. The van der Waals surface area contributed by atoms with E-state index in [-0.39, 0.29) is 11.6 Å². The van der Waals surface area contributed by atoms with Gasteiger partial charge in [0.25, 0.3) is 0 Å². The highest BCUT2D eigenvalue weighted by Gasteiger charge is 2.58. The molecular formula is C21H20F6N2O. The van der Waals surface area contributed by atoms with Crippen molar-refractivity contribution in [3.8, 4) is 5.75 Å². The third-order valence-electron chi connectivity index (χ3n) is 4.67. The Labute approximate surface area is 169 Å². The minimum Gasteiger partial charge on any atom is -0.487 e. The van der Waals surface area contributed by atoms with E-state index in [4.69, 9.17) is 0 Å². The van der Waals surface area contributed by atoms with Crippen LogP contribution in [0.2, 0.25) is 0 Å². The number of hydrogen-bond acceptors (Lipinski definition) is 2. The Morgan fingerprint density at radius 3 is 2.53 bits per heavy atom. The first-order chi connectivity index (χ1) is 14.1. The Bertz CT molecular complexity index is 1010. The quantitative estimate of drug-likeness (QED) is 0.392. The number of hydrogen-bond donors (Lipinski definition) is 1. The average molecular weight is 430 g/mol. The van der Waals surface area contributed by atoms with E-state index in [1.807, 2.05) is 17.8 Å². The van der Waals surface area contributed by atoms with Crippen LogP contribution in [-0.2, 0) is 20.0 Å². The van der Waals surface area contributed by atoms with Crippen molar-refractivity contribution in [2.75, 3.05) is 13.2 Å². The van der Waals surface area contributed by atoms with Crippen molar-refractivity contribution in [2.24, 2.45) is 7.05 Å². The van der Waals surface area contributed by atoms with E-state index in [9.17, 15) is 26.3 Å². The molecule has 0 saturated carbocycles. The van der Waals surface area contributed by atoms with E-state index in [1.54, 1.807) is 12.1 Å². The van der Waals surface area contributed by atoms with E-state index in [1.165, 1.54) is 30.3 Å². The molecule has 3 aromatic rings. The highest BCUT2D eigenvalue weighted by molar-refractivity contribution is 5.84. The zero-order valence-corrected chi connectivity index (χ0v) is 16.1. The van der Waals surface area contributed by atoms with Crippen LogP contribution in [0.1, 0.15) is 11.1 Å². The molecular weight excluding hydrogens is 410 g/mol. The van der Waals surface area contributed by atoms with Crippen LogP contribution in [0.25, 0.3) is 10.9 Å². The fourth-order valence-electron chi connectivity index (χ4n) is 3.10. The van der Waals surface area contributed by atoms with Crippen molar-refractivity contribution >= 4 is 10.9 Å². The summed E-state index contributed by atoms with van der Waals surface area (Å²) < 4.78 is 82.5. The predicted octanol–water partition coefficient (Wildman–Crippen LogP) is 5.23. The molecule has 3 nitrogen and oxygen atoms in total. The van der Waals surface area contributed by atoms with E-state index >= 15 is 0 Å². The maximum absolute atomic E-state index is 13.4. The fraction of sp³-hybridized carbons (Fsp3) is 0.333. The number of aromatic nitrogens is 1. The topological polar surface area (TPSA) is 26.2 Å². The number of alkyl halides is 5. The number of aryl methyl sites for hydroxylation is 1. The molecule has 0 atom stereocenters. The lowest BCUT2D eigenvalue weighted by atomic mass is 10.1. The van der Waals surface area contributed by atoms with Crippen LogP contribution in [0.15, 0.2) is 48.7 Å². The number of benzene rings is 2. The lowest BCUT2D eigenvalue weighted by Gasteiger charge is -2.20. The first-order valence-corrected chi connectivity index (χ1v) is 9.17. The van der Waals surface area contributed by atoms with Crippen LogP contribution in [0, 0.1) is 5.82 Å². The van der Waals surface area contributed by atoms with Crippen LogP contribution < -0.4 is 10.1 Å². The Morgan fingerprint density at radius 2 is 1.80 bits per heavy atom. The third-order valence-corrected chi connectivity index (χ3v) is 4.67. The van der Waals surface area contributed by atoms with Gasteiger partial charge in [-0.2, -0.15) is 22.0 Å².